The summed E-state index contributed by atoms with van der Waals surface area (Å²) in [6.07, 6.45) is 3.58. The van der Waals surface area contributed by atoms with Crippen molar-refractivity contribution in [2.24, 2.45) is 5.92 Å². The minimum atomic E-state index is -0.828. The van der Waals surface area contributed by atoms with Crippen LogP contribution in [0.2, 0.25) is 0 Å². The molecule has 2 aliphatic rings. The van der Waals surface area contributed by atoms with Gasteiger partial charge in [-0.3, -0.25) is 9.69 Å². The molecule has 2 aliphatic heterocycles. The van der Waals surface area contributed by atoms with Crippen molar-refractivity contribution < 1.29 is 18.3 Å². The van der Waals surface area contributed by atoms with E-state index in [0.29, 0.717) is 12.1 Å². The molecule has 27 heavy (non-hydrogen) atoms. The summed E-state index contributed by atoms with van der Waals surface area (Å²) in [4.78, 5) is 15.5. The number of benzene rings is 2. The van der Waals surface area contributed by atoms with E-state index in [9.17, 15) is 13.6 Å². The Hall–Kier alpha value is -2.27. The highest BCUT2D eigenvalue weighted by Gasteiger charge is 2.43. The van der Waals surface area contributed by atoms with E-state index >= 15 is 0 Å². The molecule has 2 heterocycles. The van der Waals surface area contributed by atoms with Gasteiger partial charge in [-0.15, -0.1) is 0 Å². The summed E-state index contributed by atoms with van der Waals surface area (Å²) in [5.41, 5.74) is 1.30. The minimum absolute atomic E-state index is 0.0240. The van der Waals surface area contributed by atoms with Gasteiger partial charge in [0.1, 0.15) is 5.82 Å². The SMILES string of the molecule is COc1c(F)cc(F)cc1C(=O)C1CC2CCC(C1)N2Cc1ccccc1. The van der Waals surface area contributed by atoms with E-state index in [1.54, 1.807) is 0 Å². The Morgan fingerprint density at radius 3 is 2.41 bits per heavy atom. The van der Waals surface area contributed by atoms with Crippen molar-refractivity contribution in [1.29, 1.82) is 0 Å². The number of hydrogen-bond acceptors (Lipinski definition) is 3. The molecule has 0 aromatic heterocycles. The van der Waals surface area contributed by atoms with Gasteiger partial charge in [0.2, 0.25) is 0 Å². The van der Waals surface area contributed by atoms with Gasteiger partial charge < -0.3 is 4.74 Å². The summed E-state index contributed by atoms with van der Waals surface area (Å²) < 4.78 is 32.7. The lowest BCUT2D eigenvalue weighted by atomic mass is 9.84. The van der Waals surface area contributed by atoms with E-state index in [1.807, 2.05) is 18.2 Å². The van der Waals surface area contributed by atoms with Crippen molar-refractivity contribution in [3.63, 3.8) is 0 Å². The molecule has 2 fully saturated rings. The molecule has 0 amide bonds. The topological polar surface area (TPSA) is 29.5 Å². The zero-order valence-electron chi connectivity index (χ0n) is 15.3. The predicted molar refractivity (Wildman–Crippen MR) is 98.8 cm³/mol. The lowest BCUT2D eigenvalue weighted by molar-refractivity contribution is 0.0674. The van der Waals surface area contributed by atoms with Crippen LogP contribution in [0.15, 0.2) is 42.5 Å². The quantitative estimate of drug-likeness (QED) is 0.720. The number of Topliss-reactive ketones (excluding diaryl/α,β-unsaturated/α-hetero) is 1. The van der Waals surface area contributed by atoms with Crippen LogP contribution < -0.4 is 4.74 Å². The minimum Gasteiger partial charge on any atom is -0.493 e. The lowest BCUT2D eigenvalue weighted by Crippen LogP contribution is -2.44. The number of rotatable bonds is 5. The maximum atomic E-state index is 14.0. The number of fused-ring (bicyclic) bond motifs is 2. The number of methoxy groups -OCH3 is 1. The van der Waals surface area contributed by atoms with Crippen molar-refractivity contribution >= 4 is 5.78 Å². The van der Waals surface area contributed by atoms with E-state index in [0.717, 1.165) is 44.4 Å². The van der Waals surface area contributed by atoms with Gasteiger partial charge in [0, 0.05) is 30.6 Å². The van der Waals surface area contributed by atoms with Crippen LogP contribution in [-0.4, -0.2) is 29.9 Å². The maximum Gasteiger partial charge on any atom is 0.170 e. The van der Waals surface area contributed by atoms with Crippen molar-refractivity contribution in [2.75, 3.05) is 7.11 Å². The Bertz CT molecular complexity index is 826. The van der Waals surface area contributed by atoms with Crippen molar-refractivity contribution in [1.82, 2.24) is 4.90 Å². The molecule has 0 saturated carbocycles. The first-order chi connectivity index (χ1) is 13.1. The smallest absolute Gasteiger partial charge is 0.170 e. The highest BCUT2D eigenvalue weighted by molar-refractivity contribution is 6.00. The third-order valence-corrected chi connectivity index (χ3v) is 5.94. The summed E-state index contributed by atoms with van der Waals surface area (Å²) in [7, 11) is 1.30. The molecule has 2 saturated heterocycles. The fourth-order valence-electron chi connectivity index (χ4n) is 4.71. The van der Waals surface area contributed by atoms with Crippen LogP contribution in [0.3, 0.4) is 0 Å². The van der Waals surface area contributed by atoms with Crippen LogP contribution >= 0.6 is 0 Å². The molecule has 142 valence electrons. The monoisotopic (exact) mass is 371 g/mol. The van der Waals surface area contributed by atoms with E-state index in [4.69, 9.17) is 4.74 Å². The van der Waals surface area contributed by atoms with Gasteiger partial charge in [0.15, 0.2) is 17.3 Å². The summed E-state index contributed by atoms with van der Waals surface area (Å²) in [6, 6.07) is 12.9. The molecule has 2 aromatic rings. The number of ether oxygens (including phenoxy) is 1. The standard InChI is InChI=1S/C22H23F2NO2/c1-27-22-19(11-16(23)12-20(22)24)21(26)15-9-17-7-8-18(10-15)25(17)13-14-5-3-2-4-6-14/h2-6,11-12,15,17-18H,7-10,13H2,1H3. The fraction of sp³-hybridized carbons (Fsp3) is 0.409. The van der Waals surface area contributed by atoms with Crippen LogP contribution in [0, 0.1) is 17.6 Å². The summed E-state index contributed by atoms with van der Waals surface area (Å²) in [6.45, 7) is 0.884. The first-order valence-electron chi connectivity index (χ1n) is 9.43. The normalized spacial score (nSPS) is 24.8. The Morgan fingerprint density at radius 2 is 1.78 bits per heavy atom. The Balaban J connectivity index is 1.53. The van der Waals surface area contributed by atoms with Crippen LogP contribution in [0.25, 0.3) is 0 Å². The molecule has 2 bridgehead atoms. The Kier molecular flexibility index (Phi) is 4.96. The zero-order chi connectivity index (χ0) is 19.0. The second-order valence-corrected chi connectivity index (χ2v) is 7.54. The van der Waals surface area contributed by atoms with E-state index in [1.165, 1.54) is 12.7 Å². The van der Waals surface area contributed by atoms with E-state index in [2.05, 4.69) is 17.0 Å². The molecule has 5 heteroatoms. The van der Waals surface area contributed by atoms with Gasteiger partial charge >= 0.3 is 0 Å². The maximum absolute atomic E-state index is 14.0. The van der Waals surface area contributed by atoms with Crippen LogP contribution in [0.1, 0.15) is 41.6 Å². The first-order valence-corrected chi connectivity index (χ1v) is 9.43. The second kappa shape index (κ2) is 7.39. The van der Waals surface area contributed by atoms with Crippen LogP contribution in [0.5, 0.6) is 5.75 Å². The molecule has 2 unspecified atom stereocenters. The number of piperidine rings is 1. The first kappa shape index (κ1) is 18.1. The fourth-order valence-corrected chi connectivity index (χ4v) is 4.71. The van der Waals surface area contributed by atoms with Gasteiger partial charge in [-0.1, -0.05) is 30.3 Å². The van der Waals surface area contributed by atoms with E-state index < -0.39 is 11.6 Å². The van der Waals surface area contributed by atoms with Gasteiger partial charge in [-0.05, 0) is 37.3 Å². The van der Waals surface area contributed by atoms with E-state index in [-0.39, 0.29) is 23.0 Å². The van der Waals surface area contributed by atoms with Crippen molar-refractivity contribution in [3.05, 3.63) is 65.2 Å². The third-order valence-electron chi connectivity index (χ3n) is 5.94. The number of nitrogens with zero attached hydrogens (tertiary/aromatic N) is 1. The van der Waals surface area contributed by atoms with Crippen molar-refractivity contribution in [2.45, 2.75) is 44.3 Å². The van der Waals surface area contributed by atoms with Crippen LogP contribution in [0.4, 0.5) is 8.78 Å². The molecule has 0 spiro atoms. The lowest BCUT2D eigenvalue weighted by Gasteiger charge is -2.38. The highest BCUT2D eigenvalue weighted by atomic mass is 19.1. The highest BCUT2D eigenvalue weighted by Crippen LogP contribution is 2.41. The number of hydrogen-bond donors (Lipinski definition) is 0. The summed E-state index contributed by atoms with van der Waals surface area (Å²) in [5, 5.41) is 0. The number of ketones is 1. The van der Waals surface area contributed by atoms with Gasteiger partial charge in [0.25, 0.3) is 0 Å². The van der Waals surface area contributed by atoms with Gasteiger partial charge in [0.05, 0.1) is 12.7 Å². The molecule has 2 aromatic carbocycles. The second-order valence-electron chi connectivity index (χ2n) is 7.54. The molecule has 4 rings (SSSR count). The molecule has 2 atom stereocenters. The molecule has 0 N–H and O–H groups in total. The Labute approximate surface area is 157 Å². The average Bonchev–Trinajstić information content (AvgIpc) is 2.89. The van der Waals surface area contributed by atoms with Crippen LogP contribution in [-0.2, 0) is 6.54 Å². The zero-order valence-corrected chi connectivity index (χ0v) is 15.3. The Morgan fingerprint density at radius 1 is 1.11 bits per heavy atom. The molecule has 0 aliphatic carbocycles. The largest absolute Gasteiger partial charge is 0.493 e. The number of halogens is 2. The van der Waals surface area contributed by atoms with Crippen molar-refractivity contribution in [3.8, 4) is 5.75 Å². The number of carbonyl (C=O) groups is 1. The third kappa shape index (κ3) is 3.48. The van der Waals surface area contributed by atoms with Gasteiger partial charge in [-0.2, -0.15) is 0 Å². The molecule has 0 radical (unpaired) electrons. The summed E-state index contributed by atoms with van der Waals surface area (Å²) in [5.74, 6) is -2.15. The molecular weight excluding hydrogens is 348 g/mol. The van der Waals surface area contributed by atoms with Gasteiger partial charge in [-0.25, -0.2) is 8.78 Å². The average molecular weight is 371 g/mol. The molecular formula is C22H23F2NO2. The predicted octanol–water partition coefficient (Wildman–Crippen LogP) is 4.60. The summed E-state index contributed by atoms with van der Waals surface area (Å²) >= 11 is 0. The number of carbonyl (C=O) groups excluding carboxylic acids is 1. The molecule has 3 nitrogen and oxygen atoms in total.